The fourth-order valence-corrected chi connectivity index (χ4v) is 2.39. The van der Waals surface area contributed by atoms with E-state index in [1.807, 2.05) is 12.1 Å². The third kappa shape index (κ3) is 4.41. The first-order valence-corrected chi connectivity index (χ1v) is 7.44. The standard InChI is InChI=1S/C17H16F3N3O/c18-17(19,20)24-15-7-8-16(22-12-15)21-11-13-3-5-14(6-4-13)23-9-1-2-10-23/h1-8,12H,9-11H2,(H,21,22). The van der Waals surface area contributed by atoms with Gasteiger partial charge in [-0.15, -0.1) is 13.2 Å². The van der Waals surface area contributed by atoms with Crippen LogP contribution in [0.15, 0.2) is 54.7 Å². The molecule has 0 aliphatic carbocycles. The van der Waals surface area contributed by atoms with Gasteiger partial charge >= 0.3 is 6.36 Å². The Hall–Kier alpha value is -2.70. The number of aromatic nitrogens is 1. The van der Waals surface area contributed by atoms with Crippen LogP contribution in [0, 0.1) is 0 Å². The van der Waals surface area contributed by atoms with E-state index in [1.165, 1.54) is 12.1 Å². The van der Waals surface area contributed by atoms with Crippen LogP contribution in [0.5, 0.6) is 5.75 Å². The molecule has 2 heterocycles. The van der Waals surface area contributed by atoms with Crippen molar-refractivity contribution in [1.29, 1.82) is 0 Å². The first kappa shape index (κ1) is 16.2. The number of hydrogen-bond acceptors (Lipinski definition) is 4. The molecule has 126 valence electrons. The molecule has 0 saturated carbocycles. The molecular weight excluding hydrogens is 319 g/mol. The minimum atomic E-state index is -4.71. The van der Waals surface area contributed by atoms with Crippen LogP contribution in [0.2, 0.25) is 0 Å². The largest absolute Gasteiger partial charge is 0.573 e. The van der Waals surface area contributed by atoms with Crippen molar-refractivity contribution < 1.29 is 17.9 Å². The molecule has 0 amide bonds. The van der Waals surface area contributed by atoms with Crippen molar-refractivity contribution in [1.82, 2.24) is 4.98 Å². The third-order valence-corrected chi connectivity index (χ3v) is 3.56. The summed E-state index contributed by atoms with van der Waals surface area (Å²) >= 11 is 0. The summed E-state index contributed by atoms with van der Waals surface area (Å²) in [5.41, 5.74) is 2.22. The summed E-state index contributed by atoms with van der Waals surface area (Å²) in [4.78, 5) is 6.15. The van der Waals surface area contributed by atoms with Gasteiger partial charge in [0.15, 0.2) is 0 Å². The monoisotopic (exact) mass is 335 g/mol. The highest BCUT2D eigenvalue weighted by Crippen LogP contribution is 2.23. The van der Waals surface area contributed by atoms with E-state index in [1.54, 1.807) is 0 Å². The van der Waals surface area contributed by atoms with Crippen molar-refractivity contribution >= 4 is 11.5 Å². The van der Waals surface area contributed by atoms with Crippen LogP contribution < -0.4 is 15.0 Å². The maximum absolute atomic E-state index is 12.1. The summed E-state index contributed by atoms with van der Waals surface area (Å²) in [5.74, 6) is 0.147. The maximum atomic E-state index is 12.1. The second-order valence-corrected chi connectivity index (χ2v) is 5.32. The van der Waals surface area contributed by atoms with Crippen LogP contribution in [0.4, 0.5) is 24.7 Å². The SMILES string of the molecule is FC(F)(F)Oc1ccc(NCc2ccc(N3CC=CC3)cc2)nc1. The molecule has 24 heavy (non-hydrogen) atoms. The molecule has 1 aliphatic heterocycles. The van der Waals surface area contributed by atoms with Gasteiger partial charge in [0, 0.05) is 25.3 Å². The first-order valence-electron chi connectivity index (χ1n) is 7.44. The molecule has 0 bridgehead atoms. The minimum Gasteiger partial charge on any atom is -0.404 e. The van der Waals surface area contributed by atoms with E-state index in [4.69, 9.17) is 0 Å². The van der Waals surface area contributed by atoms with Crippen LogP contribution in [-0.4, -0.2) is 24.4 Å². The lowest BCUT2D eigenvalue weighted by atomic mass is 10.2. The van der Waals surface area contributed by atoms with Gasteiger partial charge in [-0.3, -0.25) is 0 Å². The van der Waals surface area contributed by atoms with Gasteiger partial charge in [0.1, 0.15) is 11.6 Å². The number of pyridine rings is 1. The van der Waals surface area contributed by atoms with Crippen LogP contribution >= 0.6 is 0 Å². The van der Waals surface area contributed by atoms with Gasteiger partial charge in [0.25, 0.3) is 0 Å². The summed E-state index contributed by atoms with van der Waals surface area (Å²) in [5, 5.41) is 3.07. The highest BCUT2D eigenvalue weighted by Gasteiger charge is 2.31. The number of hydrogen-bond donors (Lipinski definition) is 1. The lowest BCUT2D eigenvalue weighted by Crippen LogP contribution is -2.18. The number of nitrogens with zero attached hydrogens (tertiary/aromatic N) is 2. The Morgan fingerprint density at radius 2 is 1.75 bits per heavy atom. The molecule has 1 N–H and O–H groups in total. The van der Waals surface area contributed by atoms with Gasteiger partial charge in [-0.25, -0.2) is 4.98 Å². The van der Waals surface area contributed by atoms with Gasteiger partial charge < -0.3 is 15.0 Å². The second-order valence-electron chi connectivity index (χ2n) is 5.32. The van der Waals surface area contributed by atoms with E-state index in [0.29, 0.717) is 12.4 Å². The van der Waals surface area contributed by atoms with Crippen molar-refractivity contribution in [3.8, 4) is 5.75 Å². The number of anilines is 2. The van der Waals surface area contributed by atoms with E-state index in [2.05, 4.69) is 44.2 Å². The van der Waals surface area contributed by atoms with E-state index in [-0.39, 0.29) is 5.75 Å². The molecule has 4 nitrogen and oxygen atoms in total. The molecule has 0 atom stereocenters. The molecule has 0 radical (unpaired) electrons. The summed E-state index contributed by atoms with van der Waals surface area (Å²) < 4.78 is 40.0. The average molecular weight is 335 g/mol. The summed E-state index contributed by atoms with van der Waals surface area (Å²) in [6.45, 7) is 2.38. The van der Waals surface area contributed by atoms with Gasteiger partial charge in [-0.05, 0) is 29.8 Å². The number of rotatable bonds is 5. The topological polar surface area (TPSA) is 37.4 Å². The summed E-state index contributed by atoms with van der Waals surface area (Å²) in [6, 6.07) is 10.8. The van der Waals surface area contributed by atoms with E-state index in [0.717, 1.165) is 30.5 Å². The lowest BCUT2D eigenvalue weighted by Gasteiger charge is -2.18. The Labute approximate surface area is 137 Å². The zero-order valence-electron chi connectivity index (χ0n) is 12.8. The molecular formula is C17H16F3N3O. The van der Waals surface area contributed by atoms with Crippen molar-refractivity contribution in [2.24, 2.45) is 0 Å². The number of alkyl halides is 3. The van der Waals surface area contributed by atoms with Crippen molar-refractivity contribution in [2.45, 2.75) is 12.9 Å². The fourth-order valence-electron chi connectivity index (χ4n) is 2.39. The molecule has 0 fully saturated rings. The van der Waals surface area contributed by atoms with Crippen LogP contribution in [-0.2, 0) is 6.54 Å². The van der Waals surface area contributed by atoms with E-state index < -0.39 is 6.36 Å². The van der Waals surface area contributed by atoms with Crippen LogP contribution in [0.25, 0.3) is 0 Å². The van der Waals surface area contributed by atoms with Crippen molar-refractivity contribution in [3.63, 3.8) is 0 Å². The van der Waals surface area contributed by atoms with Crippen LogP contribution in [0.3, 0.4) is 0 Å². The van der Waals surface area contributed by atoms with Crippen LogP contribution in [0.1, 0.15) is 5.56 Å². The Balaban J connectivity index is 1.53. The maximum Gasteiger partial charge on any atom is 0.573 e. The average Bonchev–Trinajstić information content (AvgIpc) is 3.08. The first-order chi connectivity index (χ1) is 11.5. The fraction of sp³-hybridized carbons (Fsp3) is 0.235. The second kappa shape index (κ2) is 6.82. The number of halogens is 3. The quantitative estimate of drug-likeness (QED) is 0.839. The predicted octanol–water partition coefficient (Wildman–Crippen LogP) is 3.97. The van der Waals surface area contributed by atoms with Gasteiger partial charge in [0.2, 0.25) is 0 Å². The molecule has 0 spiro atoms. The zero-order chi connectivity index (χ0) is 17.0. The van der Waals surface area contributed by atoms with Gasteiger partial charge in [-0.1, -0.05) is 24.3 Å². The molecule has 1 aromatic heterocycles. The Kier molecular flexibility index (Phi) is 4.59. The molecule has 2 aromatic rings. The predicted molar refractivity (Wildman–Crippen MR) is 86.0 cm³/mol. The third-order valence-electron chi connectivity index (χ3n) is 3.56. The Bertz CT molecular complexity index is 689. The highest BCUT2D eigenvalue weighted by atomic mass is 19.4. The summed E-state index contributed by atoms with van der Waals surface area (Å²) in [6.07, 6.45) is 0.600. The van der Waals surface area contributed by atoms with Gasteiger partial charge in [-0.2, -0.15) is 0 Å². The molecule has 0 saturated heterocycles. The molecule has 7 heteroatoms. The molecule has 3 rings (SSSR count). The van der Waals surface area contributed by atoms with Crippen molar-refractivity contribution in [2.75, 3.05) is 23.3 Å². The number of nitrogens with one attached hydrogen (secondary N) is 1. The molecule has 1 aromatic carbocycles. The molecule has 1 aliphatic rings. The number of benzene rings is 1. The number of ether oxygens (including phenoxy) is 1. The molecule has 0 unspecified atom stereocenters. The smallest absolute Gasteiger partial charge is 0.404 e. The van der Waals surface area contributed by atoms with Gasteiger partial charge in [0.05, 0.1) is 6.20 Å². The minimum absolute atomic E-state index is 0.336. The van der Waals surface area contributed by atoms with Crippen molar-refractivity contribution in [3.05, 3.63) is 60.3 Å². The Morgan fingerprint density at radius 3 is 2.33 bits per heavy atom. The lowest BCUT2D eigenvalue weighted by molar-refractivity contribution is -0.274. The summed E-state index contributed by atoms with van der Waals surface area (Å²) in [7, 11) is 0. The van der Waals surface area contributed by atoms with E-state index in [9.17, 15) is 13.2 Å². The van der Waals surface area contributed by atoms with E-state index >= 15 is 0 Å². The zero-order valence-corrected chi connectivity index (χ0v) is 12.8. The normalized spacial score (nSPS) is 14.0. The highest BCUT2D eigenvalue weighted by molar-refractivity contribution is 5.50. The Morgan fingerprint density at radius 1 is 1.04 bits per heavy atom.